The third-order valence-electron chi connectivity index (χ3n) is 4.50. The molecule has 0 saturated carbocycles. The van der Waals surface area contributed by atoms with Crippen molar-refractivity contribution >= 4 is 34.3 Å². The first-order valence-electron chi connectivity index (χ1n) is 8.87. The summed E-state index contributed by atoms with van der Waals surface area (Å²) in [7, 11) is -1.29. The second-order valence-electron chi connectivity index (χ2n) is 6.44. The van der Waals surface area contributed by atoms with E-state index in [1.165, 1.54) is 27.6 Å². The van der Waals surface area contributed by atoms with Crippen LogP contribution in [-0.4, -0.2) is 32.6 Å². The summed E-state index contributed by atoms with van der Waals surface area (Å²) in [6.07, 6.45) is 5.44. The molecule has 0 spiro atoms. The predicted octanol–water partition coefficient (Wildman–Crippen LogP) is 3.22. The average molecular weight is 413 g/mol. The SMILES string of the molecule is CS(=O)Nn1ccnc1C(=O)N1CCc2cc(SCc3ccccc3)ccc21. The van der Waals surface area contributed by atoms with E-state index in [-0.39, 0.29) is 11.7 Å². The zero-order valence-electron chi connectivity index (χ0n) is 15.4. The van der Waals surface area contributed by atoms with Crippen molar-refractivity contribution in [2.75, 3.05) is 22.5 Å². The van der Waals surface area contributed by atoms with Crippen LogP contribution in [0.25, 0.3) is 0 Å². The zero-order chi connectivity index (χ0) is 19.5. The molecule has 0 fully saturated rings. The van der Waals surface area contributed by atoms with Crippen molar-refractivity contribution in [3.8, 4) is 0 Å². The van der Waals surface area contributed by atoms with Gasteiger partial charge in [0.15, 0.2) is 0 Å². The largest absolute Gasteiger partial charge is 0.305 e. The van der Waals surface area contributed by atoms with E-state index in [0.29, 0.717) is 6.54 Å². The van der Waals surface area contributed by atoms with Gasteiger partial charge in [-0.15, -0.1) is 11.8 Å². The highest BCUT2D eigenvalue weighted by molar-refractivity contribution is 7.98. The second kappa shape index (κ2) is 8.20. The number of nitrogens with one attached hydrogen (secondary N) is 1. The molecule has 2 heterocycles. The van der Waals surface area contributed by atoms with Crippen LogP contribution < -0.4 is 9.73 Å². The summed E-state index contributed by atoms with van der Waals surface area (Å²) < 4.78 is 12.8. The fourth-order valence-electron chi connectivity index (χ4n) is 3.21. The molecule has 0 aliphatic carbocycles. The first kappa shape index (κ1) is 18.8. The maximum atomic E-state index is 13.0. The Labute approximate surface area is 170 Å². The monoisotopic (exact) mass is 412 g/mol. The van der Waals surface area contributed by atoms with Gasteiger partial charge in [-0.25, -0.2) is 18.7 Å². The molecule has 0 bridgehead atoms. The number of aromatic nitrogens is 2. The standard InChI is InChI=1S/C20H20N4O2S2/c1-28(26)22-24-12-10-21-19(24)20(25)23-11-9-16-13-17(7-8-18(16)23)27-14-15-5-3-2-4-6-15/h2-8,10,12-13,22H,9,11,14H2,1H3. The van der Waals surface area contributed by atoms with Gasteiger partial charge < -0.3 is 4.90 Å². The molecule has 1 atom stereocenters. The highest BCUT2D eigenvalue weighted by atomic mass is 32.2. The van der Waals surface area contributed by atoms with Crippen molar-refractivity contribution in [2.45, 2.75) is 17.1 Å². The molecule has 4 rings (SSSR count). The summed E-state index contributed by atoms with van der Waals surface area (Å²) in [5.41, 5.74) is 3.37. The summed E-state index contributed by atoms with van der Waals surface area (Å²) in [5, 5.41) is 0. The lowest BCUT2D eigenvalue weighted by Crippen LogP contribution is -2.33. The summed E-state index contributed by atoms with van der Waals surface area (Å²) in [5.74, 6) is 0.941. The molecular weight excluding hydrogens is 392 g/mol. The number of rotatable bonds is 6. The molecule has 28 heavy (non-hydrogen) atoms. The fourth-order valence-corrected chi connectivity index (χ4v) is 4.55. The van der Waals surface area contributed by atoms with Gasteiger partial charge in [-0.3, -0.25) is 4.79 Å². The summed E-state index contributed by atoms with van der Waals surface area (Å²) in [6.45, 7) is 0.614. The number of thioether (sulfide) groups is 1. The lowest BCUT2D eigenvalue weighted by atomic mass is 10.2. The van der Waals surface area contributed by atoms with Crippen molar-refractivity contribution in [3.63, 3.8) is 0 Å². The fraction of sp³-hybridized carbons (Fsp3) is 0.200. The molecule has 0 radical (unpaired) electrons. The van der Waals surface area contributed by atoms with Crippen LogP contribution in [0.2, 0.25) is 0 Å². The van der Waals surface area contributed by atoms with Crippen molar-refractivity contribution in [1.82, 2.24) is 9.66 Å². The molecular formula is C20H20N4O2S2. The van der Waals surface area contributed by atoms with E-state index in [2.05, 4.69) is 46.2 Å². The molecule has 1 aliphatic heterocycles. The molecule has 0 saturated heterocycles. The Morgan fingerprint density at radius 1 is 1.25 bits per heavy atom. The van der Waals surface area contributed by atoms with E-state index in [4.69, 9.17) is 0 Å². The number of imidazole rings is 1. The Morgan fingerprint density at radius 2 is 2.07 bits per heavy atom. The lowest BCUT2D eigenvalue weighted by Gasteiger charge is -2.18. The van der Waals surface area contributed by atoms with Crippen LogP contribution in [0.5, 0.6) is 0 Å². The Bertz CT molecular complexity index is 1020. The quantitative estimate of drug-likeness (QED) is 0.632. The van der Waals surface area contributed by atoms with Crippen molar-refractivity contribution in [3.05, 3.63) is 77.9 Å². The van der Waals surface area contributed by atoms with Gasteiger partial charge >= 0.3 is 0 Å². The molecule has 3 aromatic rings. The highest BCUT2D eigenvalue weighted by Gasteiger charge is 2.28. The van der Waals surface area contributed by atoms with Gasteiger partial charge in [0.25, 0.3) is 5.91 Å². The number of carbonyl (C=O) groups excluding carboxylic acids is 1. The number of carbonyl (C=O) groups is 1. The van der Waals surface area contributed by atoms with Crippen molar-refractivity contribution in [1.29, 1.82) is 0 Å². The molecule has 8 heteroatoms. The van der Waals surface area contributed by atoms with Crippen molar-refractivity contribution < 1.29 is 9.00 Å². The molecule has 6 nitrogen and oxygen atoms in total. The topological polar surface area (TPSA) is 67.2 Å². The minimum absolute atomic E-state index is 0.202. The van der Waals surface area contributed by atoms with Crippen LogP contribution in [0.1, 0.15) is 21.7 Å². The van der Waals surface area contributed by atoms with Crippen LogP contribution in [0.15, 0.2) is 65.8 Å². The van der Waals surface area contributed by atoms with Crippen LogP contribution in [0, 0.1) is 0 Å². The van der Waals surface area contributed by atoms with Crippen molar-refractivity contribution in [2.24, 2.45) is 0 Å². The number of hydrogen-bond donors (Lipinski definition) is 1. The van der Waals surface area contributed by atoms with Crippen LogP contribution in [0.3, 0.4) is 0 Å². The van der Waals surface area contributed by atoms with Gasteiger partial charge in [0, 0.05) is 41.5 Å². The number of hydrogen-bond acceptors (Lipinski definition) is 4. The van der Waals surface area contributed by atoms with Crippen LogP contribution in [0.4, 0.5) is 5.69 Å². The van der Waals surface area contributed by atoms with E-state index >= 15 is 0 Å². The minimum Gasteiger partial charge on any atom is -0.305 e. The predicted molar refractivity (Wildman–Crippen MR) is 113 cm³/mol. The second-order valence-corrected chi connectivity index (χ2v) is 8.58. The first-order chi connectivity index (χ1) is 13.6. The van der Waals surface area contributed by atoms with Crippen LogP contribution >= 0.6 is 11.8 Å². The zero-order valence-corrected chi connectivity index (χ0v) is 17.0. The normalized spacial score (nSPS) is 14.0. The smallest absolute Gasteiger partial charge is 0.296 e. The Kier molecular flexibility index (Phi) is 5.50. The van der Waals surface area contributed by atoms with E-state index in [1.54, 1.807) is 22.9 Å². The first-order valence-corrected chi connectivity index (χ1v) is 11.4. The summed E-state index contributed by atoms with van der Waals surface area (Å²) >= 11 is 1.79. The summed E-state index contributed by atoms with van der Waals surface area (Å²) in [4.78, 5) is 22.7. The minimum atomic E-state index is -1.29. The van der Waals surface area contributed by atoms with E-state index < -0.39 is 11.0 Å². The van der Waals surface area contributed by atoms with Gasteiger partial charge in [0.1, 0.15) is 11.0 Å². The van der Waals surface area contributed by atoms with Gasteiger partial charge in [0.2, 0.25) is 5.82 Å². The average Bonchev–Trinajstić information content (AvgIpc) is 3.32. The van der Waals surface area contributed by atoms with E-state index in [9.17, 15) is 9.00 Å². The Balaban J connectivity index is 1.49. The molecule has 2 aromatic carbocycles. The van der Waals surface area contributed by atoms with Gasteiger partial charge in [-0.2, -0.15) is 0 Å². The molecule has 1 N–H and O–H groups in total. The van der Waals surface area contributed by atoms with E-state index in [0.717, 1.165) is 23.4 Å². The van der Waals surface area contributed by atoms with Crippen LogP contribution in [-0.2, 0) is 23.2 Å². The van der Waals surface area contributed by atoms with Gasteiger partial charge in [0.05, 0.1) is 0 Å². The molecule has 1 aromatic heterocycles. The summed E-state index contributed by atoms with van der Waals surface area (Å²) in [6, 6.07) is 16.6. The Morgan fingerprint density at radius 3 is 2.86 bits per heavy atom. The third-order valence-corrected chi connectivity index (χ3v) is 6.02. The number of fused-ring (bicyclic) bond motifs is 1. The number of nitrogens with zero attached hydrogens (tertiary/aromatic N) is 3. The molecule has 1 aliphatic rings. The number of benzene rings is 2. The van der Waals surface area contributed by atoms with E-state index in [1.807, 2.05) is 12.1 Å². The molecule has 1 amide bonds. The number of amides is 1. The maximum absolute atomic E-state index is 13.0. The lowest BCUT2D eigenvalue weighted by molar-refractivity contribution is 0.0977. The highest BCUT2D eigenvalue weighted by Crippen LogP contribution is 2.33. The van der Waals surface area contributed by atoms with Gasteiger partial charge in [-0.05, 0) is 35.7 Å². The van der Waals surface area contributed by atoms with Gasteiger partial charge in [-0.1, -0.05) is 30.3 Å². The Hall–Kier alpha value is -2.58. The third kappa shape index (κ3) is 3.98. The molecule has 1 unspecified atom stereocenters. The molecule has 144 valence electrons. The maximum Gasteiger partial charge on any atom is 0.296 e. The number of anilines is 1.